The van der Waals surface area contributed by atoms with E-state index in [2.05, 4.69) is 22.4 Å². The fourth-order valence-corrected chi connectivity index (χ4v) is 2.95. The summed E-state index contributed by atoms with van der Waals surface area (Å²) in [5, 5.41) is 11.8. The van der Waals surface area contributed by atoms with E-state index in [1.54, 1.807) is 16.8 Å². The standard InChI is InChI=1S/C14H18FN5/c1-9-3-2-4-11(7-9)20-14(17-18-19-20)12-6-5-10(16)8-13(12)15/h5-6,8-9,11H,2-4,7,16H2,1H3. The van der Waals surface area contributed by atoms with Crippen LogP contribution in [0, 0.1) is 11.7 Å². The van der Waals surface area contributed by atoms with Crippen LogP contribution in [0.15, 0.2) is 18.2 Å². The number of nitrogens with two attached hydrogens (primary N) is 1. The smallest absolute Gasteiger partial charge is 0.185 e. The molecule has 2 N–H and O–H groups in total. The summed E-state index contributed by atoms with van der Waals surface area (Å²) in [7, 11) is 0. The Morgan fingerprint density at radius 3 is 2.95 bits per heavy atom. The lowest BCUT2D eigenvalue weighted by Gasteiger charge is -2.27. The monoisotopic (exact) mass is 275 g/mol. The van der Waals surface area contributed by atoms with E-state index < -0.39 is 0 Å². The van der Waals surface area contributed by atoms with Gasteiger partial charge in [0.2, 0.25) is 0 Å². The van der Waals surface area contributed by atoms with Gasteiger partial charge in [0.25, 0.3) is 0 Å². The second-order valence-electron chi connectivity index (χ2n) is 5.61. The molecule has 3 rings (SSSR count). The summed E-state index contributed by atoms with van der Waals surface area (Å²) in [6.07, 6.45) is 4.48. The lowest BCUT2D eigenvalue weighted by Crippen LogP contribution is -2.19. The average Bonchev–Trinajstić information content (AvgIpc) is 2.87. The molecule has 5 nitrogen and oxygen atoms in total. The number of nitrogen functional groups attached to an aromatic ring is 1. The van der Waals surface area contributed by atoms with E-state index >= 15 is 0 Å². The molecule has 1 aliphatic carbocycles. The summed E-state index contributed by atoms with van der Waals surface area (Å²) >= 11 is 0. The van der Waals surface area contributed by atoms with Gasteiger partial charge in [0.1, 0.15) is 5.82 Å². The van der Waals surface area contributed by atoms with E-state index in [1.165, 1.54) is 12.5 Å². The third-order valence-corrected chi connectivity index (χ3v) is 3.98. The van der Waals surface area contributed by atoms with Gasteiger partial charge in [0.15, 0.2) is 5.82 Å². The van der Waals surface area contributed by atoms with Crippen LogP contribution in [0.4, 0.5) is 10.1 Å². The van der Waals surface area contributed by atoms with Crippen molar-refractivity contribution in [3.8, 4) is 11.4 Å². The first kappa shape index (κ1) is 13.0. The van der Waals surface area contributed by atoms with Crippen LogP contribution < -0.4 is 5.73 Å². The molecule has 2 unspecified atom stereocenters. The van der Waals surface area contributed by atoms with Crippen molar-refractivity contribution >= 4 is 5.69 Å². The number of tetrazole rings is 1. The first-order chi connectivity index (χ1) is 9.65. The SMILES string of the molecule is CC1CCCC(n2nnnc2-c2ccc(N)cc2F)C1. The molecular weight excluding hydrogens is 257 g/mol. The molecule has 1 aliphatic rings. The second-order valence-corrected chi connectivity index (χ2v) is 5.61. The Kier molecular flexibility index (Phi) is 3.38. The number of nitrogens with zero attached hydrogens (tertiary/aromatic N) is 4. The first-order valence-electron chi connectivity index (χ1n) is 6.98. The first-order valence-corrected chi connectivity index (χ1v) is 6.98. The van der Waals surface area contributed by atoms with Crippen molar-refractivity contribution in [2.24, 2.45) is 5.92 Å². The van der Waals surface area contributed by atoms with Crippen molar-refractivity contribution in [3.05, 3.63) is 24.0 Å². The molecular formula is C14H18FN5. The highest BCUT2D eigenvalue weighted by Crippen LogP contribution is 2.34. The minimum Gasteiger partial charge on any atom is -0.399 e. The number of anilines is 1. The molecule has 0 aliphatic heterocycles. The molecule has 1 fully saturated rings. The molecule has 2 aromatic rings. The van der Waals surface area contributed by atoms with Crippen LogP contribution in [-0.2, 0) is 0 Å². The Balaban J connectivity index is 1.97. The minimum absolute atomic E-state index is 0.251. The van der Waals surface area contributed by atoms with Gasteiger partial charge in [0, 0.05) is 5.69 Å². The van der Waals surface area contributed by atoms with Gasteiger partial charge in [-0.2, -0.15) is 0 Å². The predicted molar refractivity (Wildman–Crippen MR) is 74.3 cm³/mol. The Bertz CT molecular complexity index is 609. The number of aromatic nitrogens is 4. The summed E-state index contributed by atoms with van der Waals surface area (Å²) in [6.45, 7) is 2.24. The lowest BCUT2D eigenvalue weighted by molar-refractivity contribution is 0.265. The molecule has 1 heterocycles. The number of hydrogen-bond donors (Lipinski definition) is 1. The van der Waals surface area contributed by atoms with Crippen LogP contribution in [0.25, 0.3) is 11.4 Å². The largest absolute Gasteiger partial charge is 0.399 e. The molecule has 0 amide bonds. The van der Waals surface area contributed by atoms with Crippen LogP contribution in [0.1, 0.15) is 38.6 Å². The number of hydrogen-bond acceptors (Lipinski definition) is 4. The normalized spacial score (nSPS) is 22.9. The van der Waals surface area contributed by atoms with Crippen LogP contribution in [-0.4, -0.2) is 20.2 Å². The summed E-state index contributed by atoms with van der Waals surface area (Å²) in [4.78, 5) is 0. The van der Waals surface area contributed by atoms with E-state index in [0.29, 0.717) is 23.0 Å². The predicted octanol–water partition coefficient (Wildman–Crippen LogP) is 2.81. The van der Waals surface area contributed by atoms with E-state index in [9.17, 15) is 4.39 Å². The van der Waals surface area contributed by atoms with Crippen LogP contribution in [0.5, 0.6) is 0 Å². The molecule has 1 aromatic heterocycles. The highest BCUT2D eigenvalue weighted by atomic mass is 19.1. The Morgan fingerprint density at radius 1 is 1.35 bits per heavy atom. The van der Waals surface area contributed by atoms with Gasteiger partial charge >= 0.3 is 0 Å². The third-order valence-electron chi connectivity index (χ3n) is 3.98. The minimum atomic E-state index is -0.384. The molecule has 106 valence electrons. The van der Waals surface area contributed by atoms with E-state index in [4.69, 9.17) is 5.73 Å². The highest BCUT2D eigenvalue weighted by molar-refractivity contribution is 5.59. The maximum absolute atomic E-state index is 14.0. The van der Waals surface area contributed by atoms with Crippen molar-refractivity contribution in [1.29, 1.82) is 0 Å². The summed E-state index contributed by atoms with van der Waals surface area (Å²) in [6, 6.07) is 4.86. The van der Waals surface area contributed by atoms with Gasteiger partial charge < -0.3 is 5.73 Å². The maximum atomic E-state index is 14.0. The van der Waals surface area contributed by atoms with Crippen molar-refractivity contribution in [2.75, 3.05) is 5.73 Å². The van der Waals surface area contributed by atoms with Crippen molar-refractivity contribution in [2.45, 2.75) is 38.6 Å². The van der Waals surface area contributed by atoms with E-state index in [1.807, 2.05) is 0 Å². The zero-order valence-corrected chi connectivity index (χ0v) is 11.5. The average molecular weight is 275 g/mol. The molecule has 1 saturated carbocycles. The molecule has 0 bridgehead atoms. The fourth-order valence-electron chi connectivity index (χ4n) is 2.95. The van der Waals surface area contributed by atoms with Gasteiger partial charge in [0.05, 0.1) is 11.6 Å². The van der Waals surface area contributed by atoms with E-state index in [0.717, 1.165) is 19.3 Å². The molecule has 0 radical (unpaired) electrons. The Labute approximate surface area is 117 Å². The van der Waals surface area contributed by atoms with Gasteiger partial charge in [-0.15, -0.1) is 5.10 Å². The second kappa shape index (κ2) is 5.19. The fraction of sp³-hybridized carbons (Fsp3) is 0.500. The lowest BCUT2D eigenvalue weighted by atomic mass is 9.87. The van der Waals surface area contributed by atoms with Gasteiger partial charge in [-0.05, 0) is 47.4 Å². The molecule has 6 heteroatoms. The number of halogens is 1. The number of benzene rings is 1. The molecule has 1 aromatic carbocycles. The third kappa shape index (κ3) is 2.37. The Hall–Kier alpha value is -1.98. The van der Waals surface area contributed by atoms with Crippen LogP contribution >= 0.6 is 0 Å². The topological polar surface area (TPSA) is 69.6 Å². The highest BCUT2D eigenvalue weighted by Gasteiger charge is 2.25. The zero-order chi connectivity index (χ0) is 14.1. The molecule has 0 spiro atoms. The molecule has 20 heavy (non-hydrogen) atoms. The molecule has 0 saturated heterocycles. The molecule has 2 atom stereocenters. The quantitative estimate of drug-likeness (QED) is 0.856. The van der Waals surface area contributed by atoms with Gasteiger partial charge in [-0.3, -0.25) is 0 Å². The summed E-state index contributed by atoms with van der Waals surface area (Å²) in [5.41, 5.74) is 6.39. The van der Waals surface area contributed by atoms with Crippen molar-refractivity contribution < 1.29 is 4.39 Å². The van der Waals surface area contributed by atoms with Crippen molar-refractivity contribution in [1.82, 2.24) is 20.2 Å². The zero-order valence-electron chi connectivity index (χ0n) is 11.5. The summed E-state index contributed by atoms with van der Waals surface area (Å²) in [5.74, 6) is 0.758. The Morgan fingerprint density at radius 2 is 2.20 bits per heavy atom. The number of rotatable bonds is 2. The van der Waals surface area contributed by atoms with Gasteiger partial charge in [-0.25, -0.2) is 9.07 Å². The maximum Gasteiger partial charge on any atom is 0.185 e. The van der Waals surface area contributed by atoms with Crippen molar-refractivity contribution in [3.63, 3.8) is 0 Å². The summed E-state index contributed by atoms with van der Waals surface area (Å²) < 4.78 is 15.8. The van der Waals surface area contributed by atoms with Gasteiger partial charge in [-0.1, -0.05) is 19.8 Å². The van der Waals surface area contributed by atoms with E-state index in [-0.39, 0.29) is 11.9 Å². The van der Waals surface area contributed by atoms with Crippen LogP contribution in [0.3, 0.4) is 0 Å². The van der Waals surface area contributed by atoms with Crippen LogP contribution in [0.2, 0.25) is 0 Å².